The van der Waals surface area contributed by atoms with E-state index in [2.05, 4.69) is 4.90 Å². The minimum absolute atomic E-state index is 0.242. The van der Waals surface area contributed by atoms with Crippen molar-refractivity contribution in [3.8, 4) is 17.2 Å². The van der Waals surface area contributed by atoms with E-state index in [1.807, 2.05) is 38.1 Å². The Bertz CT molecular complexity index is 681. The van der Waals surface area contributed by atoms with Crippen LogP contribution in [0.2, 0.25) is 0 Å². The smallest absolute Gasteiger partial charge is 0.230 e. The van der Waals surface area contributed by atoms with Crippen LogP contribution in [0.4, 0.5) is 0 Å². The van der Waals surface area contributed by atoms with Gasteiger partial charge in [-0.25, -0.2) is 4.98 Å². The molecule has 136 valence electrons. The fourth-order valence-electron chi connectivity index (χ4n) is 3.55. The van der Waals surface area contributed by atoms with Gasteiger partial charge in [-0.15, -0.1) is 0 Å². The van der Waals surface area contributed by atoms with Gasteiger partial charge in [0, 0.05) is 19.2 Å². The van der Waals surface area contributed by atoms with Gasteiger partial charge in [0.05, 0.1) is 17.9 Å². The summed E-state index contributed by atoms with van der Waals surface area (Å²) in [6.45, 7) is 6.63. The van der Waals surface area contributed by atoms with E-state index in [4.69, 9.17) is 14.1 Å². The summed E-state index contributed by atoms with van der Waals surface area (Å²) in [5.74, 6) is 2.27. The maximum Gasteiger partial charge on any atom is 0.230 e. The number of nitrogens with zero attached hydrogens (tertiary/aromatic N) is 2. The molecule has 1 saturated heterocycles. The number of aryl methyl sites for hydroxylation is 1. The van der Waals surface area contributed by atoms with Crippen molar-refractivity contribution in [1.82, 2.24) is 9.88 Å². The molecule has 1 aliphatic rings. The Kier molecular flexibility index (Phi) is 6.10. The molecule has 0 saturated carbocycles. The van der Waals surface area contributed by atoms with Gasteiger partial charge in [0.1, 0.15) is 11.5 Å². The Morgan fingerprint density at radius 3 is 2.96 bits per heavy atom. The van der Waals surface area contributed by atoms with Crippen LogP contribution in [0.5, 0.6) is 5.75 Å². The van der Waals surface area contributed by atoms with E-state index in [9.17, 15) is 5.11 Å². The van der Waals surface area contributed by atoms with E-state index in [0.717, 1.165) is 48.7 Å². The predicted molar refractivity (Wildman–Crippen MR) is 97.6 cm³/mol. The molecule has 0 radical (unpaired) electrons. The van der Waals surface area contributed by atoms with Crippen LogP contribution < -0.4 is 4.74 Å². The lowest BCUT2D eigenvalue weighted by Gasteiger charge is -2.35. The topological polar surface area (TPSA) is 58.7 Å². The summed E-state index contributed by atoms with van der Waals surface area (Å²) in [5, 5.41) is 9.32. The largest absolute Gasteiger partial charge is 0.493 e. The SMILES string of the molecule is CCOc1ccccc1-c1nc(CN2CCCC[C@H]2CCO)c(C)o1. The molecule has 0 bridgehead atoms. The second kappa shape index (κ2) is 8.50. The van der Waals surface area contributed by atoms with Crippen molar-refractivity contribution in [1.29, 1.82) is 0 Å². The molecule has 1 atom stereocenters. The van der Waals surface area contributed by atoms with E-state index >= 15 is 0 Å². The highest BCUT2D eigenvalue weighted by Gasteiger charge is 2.24. The molecule has 0 spiro atoms. The van der Waals surface area contributed by atoms with Gasteiger partial charge in [-0.2, -0.15) is 0 Å². The molecule has 3 rings (SSSR count). The molecule has 0 unspecified atom stereocenters. The zero-order valence-electron chi connectivity index (χ0n) is 15.2. The molecule has 25 heavy (non-hydrogen) atoms. The lowest BCUT2D eigenvalue weighted by Crippen LogP contribution is -2.39. The number of hydrogen-bond donors (Lipinski definition) is 1. The van der Waals surface area contributed by atoms with Crippen molar-refractivity contribution in [2.45, 2.75) is 52.1 Å². The minimum Gasteiger partial charge on any atom is -0.493 e. The summed E-state index contributed by atoms with van der Waals surface area (Å²) in [5.41, 5.74) is 1.87. The highest BCUT2D eigenvalue weighted by atomic mass is 16.5. The first-order valence-corrected chi connectivity index (χ1v) is 9.26. The van der Waals surface area contributed by atoms with Crippen LogP contribution in [0.1, 0.15) is 44.1 Å². The molecule has 0 aliphatic carbocycles. The first-order valence-electron chi connectivity index (χ1n) is 9.26. The Balaban J connectivity index is 1.81. The quantitative estimate of drug-likeness (QED) is 0.828. The van der Waals surface area contributed by atoms with E-state index in [-0.39, 0.29) is 6.61 Å². The van der Waals surface area contributed by atoms with Gasteiger partial charge in [-0.05, 0) is 51.8 Å². The number of hydrogen-bond acceptors (Lipinski definition) is 5. The van der Waals surface area contributed by atoms with Gasteiger partial charge in [-0.3, -0.25) is 4.90 Å². The van der Waals surface area contributed by atoms with Crippen LogP contribution >= 0.6 is 0 Å². The van der Waals surface area contributed by atoms with Gasteiger partial charge in [0.15, 0.2) is 0 Å². The summed E-state index contributed by atoms with van der Waals surface area (Å²) in [6, 6.07) is 8.29. The number of para-hydroxylation sites is 1. The van der Waals surface area contributed by atoms with Gasteiger partial charge in [0.2, 0.25) is 5.89 Å². The van der Waals surface area contributed by atoms with Gasteiger partial charge < -0.3 is 14.3 Å². The van der Waals surface area contributed by atoms with Crippen molar-refractivity contribution in [2.75, 3.05) is 19.8 Å². The van der Waals surface area contributed by atoms with Crippen LogP contribution in [0, 0.1) is 6.92 Å². The molecule has 1 fully saturated rings. The fraction of sp³-hybridized carbons (Fsp3) is 0.550. The van der Waals surface area contributed by atoms with Crippen molar-refractivity contribution in [3.05, 3.63) is 35.7 Å². The summed E-state index contributed by atoms with van der Waals surface area (Å²) in [4.78, 5) is 7.19. The minimum atomic E-state index is 0.242. The van der Waals surface area contributed by atoms with Crippen LogP contribution in [0.15, 0.2) is 28.7 Å². The van der Waals surface area contributed by atoms with E-state index in [0.29, 0.717) is 18.5 Å². The molecule has 1 aromatic heterocycles. The van der Waals surface area contributed by atoms with E-state index < -0.39 is 0 Å². The molecule has 1 aromatic carbocycles. The number of benzene rings is 1. The van der Waals surface area contributed by atoms with Gasteiger partial charge >= 0.3 is 0 Å². The maximum absolute atomic E-state index is 9.32. The summed E-state index contributed by atoms with van der Waals surface area (Å²) in [7, 11) is 0. The van der Waals surface area contributed by atoms with Crippen molar-refractivity contribution in [2.24, 2.45) is 0 Å². The standard InChI is InChI=1S/C20H28N2O3/c1-3-24-19-10-5-4-9-17(19)20-21-18(15(2)25-20)14-22-12-7-6-8-16(22)11-13-23/h4-5,9-10,16,23H,3,6-8,11-14H2,1-2H3/t16-/m0/s1. The molecule has 5 nitrogen and oxygen atoms in total. The third-order valence-electron chi connectivity index (χ3n) is 4.87. The monoisotopic (exact) mass is 344 g/mol. The highest BCUT2D eigenvalue weighted by molar-refractivity contribution is 5.63. The molecule has 1 aliphatic heterocycles. The van der Waals surface area contributed by atoms with Crippen LogP contribution in [0.3, 0.4) is 0 Å². The summed E-state index contributed by atoms with van der Waals surface area (Å²) in [6.07, 6.45) is 4.43. The number of oxazole rings is 1. The number of aliphatic hydroxyl groups is 1. The number of ether oxygens (including phenoxy) is 1. The Morgan fingerprint density at radius 2 is 2.16 bits per heavy atom. The van der Waals surface area contributed by atoms with Gasteiger partial charge in [-0.1, -0.05) is 18.6 Å². The second-order valence-corrected chi connectivity index (χ2v) is 6.58. The number of aromatic nitrogens is 1. The maximum atomic E-state index is 9.32. The average molecular weight is 344 g/mol. The molecular weight excluding hydrogens is 316 g/mol. The zero-order chi connectivity index (χ0) is 17.6. The Labute approximate surface area is 149 Å². The number of aliphatic hydroxyl groups excluding tert-OH is 1. The van der Waals surface area contributed by atoms with Crippen molar-refractivity contribution >= 4 is 0 Å². The molecule has 0 amide bonds. The number of likely N-dealkylation sites (tertiary alicyclic amines) is 1. The summed E-state index contributed by atoms with van der Waals surface area (Å²) >= 11 is 0. The first kappa shape index (κ1) is 18.0. The lowest BCUT2D eigenvalue weighted by atomic mass is 9.99. The van der Waals surface area contributed by atoms with Gasteiger partial charge in [0.25, 0.3) is 0 Å². The zero-order valence-corrected chi connectivity index (χ0v) is 15.2. The first-order chi connectivity index (χ1) is 12.2. The molecular formula is C20H28N2O3. The molecule has 2 aromatic rings. The fourth-order valence-corrected chi connectivity index (χ4v) is 3.55. The third kappa shape index (κ3) is 4.22. The molecule has 5 heteroatoms. The van der Waals surface area contributed by atoms with E-state index in [1.165, 1.54) is 12.8 Å². The van der Waals surface area contributed by atoms with Crippen molar-refractivity contribution < 1.29 is 14.3 Å². The van der Waals surface area contributed by atoms with E-state index in [1.54, 1.807) is 0 Å². The number of piperidine rings is 1. The average Bonchev–Trinajstić information content (AvgIpc) is 2.98. The Morgan fingerprint density at radius 1 is 1.32 bits per heavy atom. The van der Waals surface area contributed by atoms with Crippen LogP contribution in [-0.2, 0) is 6.54 Å². The molecule has 2 heterocycles. The predicted octanol–water partition coefficient (Wildman–Crippen LogP) is 3.79. The lowest BCUT2D eigenvalue weighted by molar-refractivity contribution is 0.111. The second-order valence-electron chi connectivity index (χ2n) is 6.58. The highest BCUT2D eigenvalue weighted by Crippen LogP contribution is 2.31. The normalized spacial score (nSPS) is 18.4. The van der Waals surface area contributed by atoms with Crippen LogP contribution in [-0.4, -0.2) is 40.8 Å². The Hall–Kier alpha value is -1.85. The summed E-state index contributed by atoms with van der Waals surface area (Å²) < 4.78 is 11.7. The molecule has 1 N–H and O–H groups in total. The number of rotatable bonds is 7. The van der Waals surface area contributed by atoms with Crippen molar-refractivity contribution in [3.63, 3.8) is 0 Å². The third-order valence-corrected chi connectivity index (χ3v) is 4.87. The van der Waals surface area contributed by atoms with Crippen LogP contribution in [0.25, 0.3) is 11.5 Å².